The lowest BCUT2D eigenvalue weighted by atomic mass is 9.72. The Morgan fingerprint density at radius 1 is 1.21 bits per heavy atom. The predicted octanol–water partition coefficient (Wildman–Crippen LogP) is 4.74. The van der Waals surface area contributed by atoms with Crippen LogP contribution in [0.3, 0.4) is 0 Å². The van der Waals surface area contributed by atoms with Crippen LogP contribution >= 0.6 is 0 Å². The van der Waals surface area contributed by atoms with Gasteiger partial charge in [-0.15, -0.1) is 0 Å². The first-order valence-corrected chi connectivity index (χ1v) is 7.59. The van der Waals surface area contributed by atoms with E-state index in [-0.39, 0.29) is 12.1 Å². The molecular weight excluding hydrogens is 236 g/mol. The molecule has 0 bridgehead atoms. The molecule has 1 fully saturated rings. The van der Waals surface area contributed by atoms with Gasteiger partial charge >= 0.3 is 5.97 Å². The first-order chi connectivity index (χ1) is 8.70. The van der Waals surface area contributed by atoms with Gasteiger partial charge in [-0.05, 0) is 49.4 Å². The number of carbonyl (C=O) groups excluding carboxylic acids is 1. The van der Waals surface area contributed by atoms with Gasteiger partial charge in [-0.2, -0.15) is 0 Å². The van der Waals surface area contributed by atoms with Crippen LogP contribution in [0, 0.1) is 17.3 Å². The van der Waals surface area contributed by atoms with Gasteiger partial charge in [0.2, 0.25) is 0 Å². The van der Waals surface area contributed by atoms with Crippen LogP contribution in [-0.4, -0.2) is 12.1 Å². The van der Waals surface area contributed by atoms with Gasteiger partial charge < -0.3 is 4.74 Å². The molecule has 110 valence electrons. The molecule has 2 heteroatoms. The van der Waals surface area contributed by atoms with E-state index in [1.54, 1.807) is 0 Å². The van der Waals surface area contributed by atoms with Crippen molar-refractivity contribution in [1.82, 2.24) is 0 Å². The molecule has 0 aromatic heterocycles. The van der Waals surface area contributed by atoms with Crippen LogP contribution in [0.15, 0.2) is 12.2 Å². The molecule has 0 N–H and O–H groups in total. The van der Waals surface area contributed by atoms with Crippen molar-refractivity contribution in [3.05, 3.63) is 12.2 Å². The summed E-state index contributed by atoms with van der Waals surface area (Å²) in [4.78, 5) is 11.9. The summed E-state index contributed by atoms with van der Waals surface area (Å²) in [5.41, 5.74) is 0.990. The van der Waals surface area contributed by atoms with E-state index in [4.69, 9.17) is 4.74 Å². The highest BCUT2D eigenvalue weighted by molar-refractivity contribution is 5.87. The van der Waals surface area contributed by atoms with Crippen molar-refractivity contribution in [3.63, 3.8) is 0 Å². The Kier molecular flexibility index (Phi) is 5.64. The summed E-state index contributed by atoms with van der Waals surface area (Å²) in [6.45, 7) is 14.9. The van der Waals surface area contributed by atoms with Crippen molar-refractivity contribution < 1.29 is 9.53 Å². The third-order valence-electron chi connectivity index (χ3n) is 4.12. The van der Waals surface area contributed by atoms with Crippen LogP contribution < -0.4 is 0 Å². The van der Waals surface area contributed by atoms with Crippen molar-refractivity contribution in [1.29, 1.82) is 0 Å². The Balaban J connectivity index is 2.37. The monoisotopic (exact) mass is 266 g/mol. The minimum Gasteiger partial charge on any atom is -0.459 e. The fourth-order valence-electron chi connectivity index (χ4n) is 2.86. The van der Waals surface area contributed by atoms with Gasteiger partial charge in [0.15, 0.2) is 0 Å². The summed E-state index contributed by atoms with van der Waals surface area (Å²) < 4.78 is 5.58. The molecule has 1 saturated carbocycles. The van der Waals surface area contributed by atoms with Crippen molar-refractivity contribution in [2.24, 2.45) is 17.3 Å². The standard InChI is InChI=1S/C17H30O2/c1-12(2)11-13(3)16(18)19-15-9-7-14(8-10-15)17(4,5)6/h12,14-15H,3,7-11H2,1-2,4-6H3. The Morgan fingerprint density at radius 2 is 1.74 bits per heavy atom. The van der Waals surface area contributed by atoms with E-state index in [9.17, 15) is 4.79 Å². The number of esters is 1. The second-order valence-corrected chi connectivity index (χ2v) is 7.45. The predicted molar refractivity (Wildman–Crippen MR) is 79.9 cm³/mol. The molecule has 0 saturated heterocycles. The molecule has 0 unspecified atom stereocenters. The van der Waals surface area contributed by atoms with Gasteiger partial charge in [0, 0.05) is 5.57 Å². The molecule has 0 radical (unpaired) electrons. The van der Waals surface area contributed by atoms with E-state index in [0.29, 0.717) is 16.9 Å². The number of hydrogen-bond acceptors (Lipinski definition) is 2. The summed E-state index contributed by atoms with van der Waals surface area (Å²) in [6, 6.07) is 0. The van der Waals surface area contributed by atoms with E-state index in [2.05, 4.69) is 41.2 Å². The van der Waals surface area contributed by atoms with Crippen LogP contribution in [0.25, 0.3) is 0 Å². The van der Waals surface area contributed by atoms with E-state index in [1.807, 2.05) is 0 Å². The lowest BCUT2D eigenvalue weighted by Crippen LogP contribution is -2.30. The van der Waals surface area contributed by atoms with Crippen LogP contribution in [0.2, 0.25) is 0 Å². The summed E-state index contributed by atoms with van der Waals surface area (Å²) in [5, 5.41) is 0. The molecule has 0 aromatic rings. The van der Waals surface area contributed by atoms with E-state index < -0.39 is 0 Å². The summed E-state index contributed by atoms with van der Waals surface area (Å²) in [7, 11) is 0. The second kappa shape index (κ2) is 6.58. The van der Waals surface area contributed by atoms with Crippen molar-refractivity contribution in [3.8, 4) is 0 Å². The molecule has 0 aliphatic heterocycles. The molecular formula is C17H30O2. The Hall–Kier alpha value is -0.790. The SMILES string of the molecule is C=C(CC(C)C)C(=O)OC1CCC(C(C)(C)C)CC1. The third kappa shape index (κ3) is 5.38. The molecule has 1 aliphatic carbocycles. The maximum atomic E-state index is 11.9. The van der Waals surface area contributed by atoms with Crippen molar-refractivity contribution in [2.45, 2.75) is 72.8 Å². The second-order valence-electron chi connectivity index (χ2n) is 7.45. The van der Waals surface area contributed by atoms with Gasteiger partial charge in [0.05, 0.1) is 0 Å². The van der Waals surface area contributed by atoms with E-state index in [0.717, 1.165) is 38.0 Å². The molecule has 1 rings (SSSR count). The Bertz CT molecular complexity index is 315. The minimum atomic E-state index is -0.187. The van der Waals surface area contributed by atoms with Crippen LogP contribution in [-0.2, 0) is 9.53 Å². The highest BCUT2D eigenvalue weighted by Crippen LogP contribution is 2.38. The molecule has 0 heterocycles. The van der Waals surface area contributed by atoms with Gasteiger partial charge in [-0.1, -0.05) is 41.2 Å². The van der Waals surface area contributed by atoms with Crippen LogP contribution in [0.4, 0.5) is 0 Å². The number of ether oxygens (including phenoxy) is 1. The summed E-state index contributed by atoms with van der Waals surface area (Å²) in [6.07, 6.45) is 5.17. The highest BCUT2D eigenvalue weighted by Gasteiger charge is 2.31. The lowest BCUT2D eigenvalue weighted by Gasteiger charge is -2.36. The zero-order valence-electron chi connectivity index (χ0n) is 13.3. The molecule has 2 nitrogen and oxygen atoms in total. The smallest absolute Gasteiger partial charge is 0.333 e. The fraction of sp³-hybridized carbons (Fsp3) is 0.824. The zero-order chi connectivity index (χ0) is 14.6. The van der Waals surface area contributed by atoms with Crippen molar-refractivity contribution in [2.75, 3.05) is 0 Å². The quantitative estimate of drug-likeness (QED) is 0.543. The van der Waals surface area contributed by atoms with Gasteiger partial charge in [0.1, 0.15) is 6.10 Å². The van der Waals surface area contributed by atoms with E-state index in [1.165, 1.54) is 0 Å². The van der Waals surface area contributed by atoms with Gasteiger partial charge in [0.25, 0.3) is 0 Å². The zero-order valence-corrected chi connectivity index (χ0v) is 13.3. The molecule has 0 amide bonds. The fourth-order valence-corrected chi connectivity index (χ4v) is 2.86. The summed E-state index contributed by atoms with van der Waals surface area (Å²) >= 11 is 0. The Morgan fingerprint density at radius 3 is 2.16 bits per heavy atom. The van der Waals surface area contributed by atoms with E-state index >= 15 is 0 Å². The van der Waals surface area contributed by atoms with Crippen molar-refractivity contribution >= 4 is 5.97 Å². The molecule has 1 aliphatic rings. The number of hydrogen-bond donors (Lipinski definition) is 0. The highest BCUT2D eigenvalue weighted by atomic mass is 16.5. The minimum absolute atomic E-state index is 0.106. The third-order valence-corrected chi connectivity index (χ3v) is 4.12. The average molecular weight is 266 g/mol. The maximum absolute atomic E-state index is 11.9. The first kappa shape index (κ1) is 16.3. The normalized spacial score (nSPS) is 24.3. The van der Waals surface area contributed by atoms with Crippen LogP contribution in [0.5, 0.6) is 0 Å². The molecule has 0 aromatic carbocycles. The maximum Gasteiger partial charge on any atom is 0.333 e. The lowest BCUT2D eigenvalue weighted by molar-refractivity contribution is -0.146. The first-order valence-electron chi connectivity index (χ1n) is 7.59. The average Bonchev–Trinajstić information content (AvgIpc) is 2.27. The number of rotatable bonds is 4. The van der Waals surface area contributed by atoms with Gasteiger partial charge in [-0.3, -0.25) is 0 Å². The van der Waals surface area contributed by atoms with Gasteiger partial charge in [-0.25, -0.2) is 4.79 Å². The topological polar surface area (TPSA) is 26.3 Å². The molecule has 0 atom stereocenters. The molecule has 19 heavy (non-hydrogen) atoms. The number of carbonyl (C=O) groups is 1. The molecule has 0 spiro atoms. The Labute approximate surface area is 118 Å². The van der Waals surface area contributed by atoms with Crippen LogP contribution in [0.1, 0.15) is 66.7 Å². The largest absolute Gasteiger partial charge is 0.459 e. The summed E-state index contributed by atoms with van der Waals surface area (Å²) in [5.74, 6) is 1.02.